The van der Waals surface area contributed by atoms with Gasteiger partial charge in [-0.1, -0.05) is 6.07 Å². The standard InChI is InChI=1S/C17H17N5O2/c1-11-6-15(21-17(20-11)13-4-2-3-5-18-13)22-7-12(8-22)16-14(9-23)19-10-24-16/h2-6,10,12,23H,7-9H2,1H3. The van der Waals surface area contributed by atoms with E-state index in [9.17, 15) is 5.11 Å². The normalized spacial score (nSPS) is 14.7. The number of pyridine rings is 1. The van der Waals surface area contributed by atoms with Gasteiger partial charge in [0, 0.05) is 31.0 Å². The molecule has 1 saturated heterocycles. The average molecular weight is 323 g/mol. The van der Waals surface area contributed by atoms with E-state index in [1.54, 1.807) is 6.20 Å². The highest BCUT2D eigenvalue weighted by Crippen LogP contribution is 2.33. The van der Waals surface area contributed by atoms with E-state index in [4.69, 9.17) is 4.42 Å². The average Bonchev–Trinajstić information content (AvgIpc) is 3.02. The zero-order valence-electron chi connectivity index (χ0n) is 13.3. The van der Waals surface area contributed by atoms with Crippen LogP contribution in [0.25, 0.3) is 11.5 Å². The Labute approximate surface area is 139 Å². The molecule has 122 valence electrons. The molecular weight excluding hydrogens is 306 g/mol. The van der Waals surface area contributed by atoms with Gasteiger partial charge < -0.3 is 14.4 Å². The number of rotatable bonds is 4. The Morgan fingerprint density at radius 1 is 1.25 bits per heavy atom. The minimum Gasteiger partial charge on any atom is -0.448 e. The van der Waals surface area contributed by atoms with Gasteiger partial charge in [-0.25, -0.2) is 15.0 Å². The number of aliphatic hydroxyl groups excluding tert-OH is 1. The maximum atomic E-state index is 9.29. The first-order chi connectivity index (χ1) is 11.7. The van der Waals surface area contributed by atoms with Gasteiger partial charge in [0.2, 0.25) is 0 Å². The third-order valence-corrected chi connectivity index (χ3v) is 4.13. The lowest BCUT2D eigenvalue weighted by atomic mass is 9.96. The molecule has 0 amide bonds. The molecule has 24 heavy (non-hydrogen) atoms. The molecule has 1 N–H and O–H groups in total. The second kappa shape index (κ2) is 6.01. The van der Waals surface area contributed by atoms with Crippen LogP contribution in [0.5, 0.6) is 0 Å². The Hall–Kier alpha value is -2.80. The summed E-state index contributed by atoms with van der Waals surface area (Å²) in [5, 5.41) is 9.29. The molecule has 1 aliphatic heterocycles. The van der Waals surface area contributed by atoms with E-state index in [1.807, 2.05) is 31.2 Å². The molecule has 0 aliphatic carbocycles. The molecule has 7 heteroatoms. The summed E-state index contributed by atoms with van der Waals surface area (Å²) in [6.45, 7) is 3.41. The third kappa shape index (κ3) is 2.63. The Morgan fingerprint density at radius 2 is 2.12 bits per heavy atom. The second-order valence-corrected chi connectivity index (χ2v) is 5.83. The molecule has 0 aromatic carbocycles. The molecule has 0 unspecified atom stereocenters. The van der Waals surface area contributed by atoms with Crippen LogP contribution < -0.4 is 4.90 Å². The largest absolute Gasteiger partial charge is 0.448 e. The molecule has 1 fully saturated rings. The summed E-state index contributed by atoms with van der Waals surface area (Å²) < 4.78 is 5.42. The molecule has 3 aromatic rings. The molecule has 0 spiro atoms. The first kappa shape index (κ1) is 14.8. The van der Waals surface area contributed by atoms with Crippen LogP contribution in [0, 0.1) is 6.92 Å². The smallest absolute Gasteiger partial charge is 0.181 e. The van der Waals surface area contributed by atoms with Crippen molar-refractivity contribution in [1.29, 1.82) is 0 Å². The van der Waals surface area contributed by atoms with Crippen molar-refractivity contribution < 1.29 is 9.52 Å². The molecule has 7 nitrogen and oxygen atoms in total. The van der Waals surface area contributed by atoms with Crippen molar-refractivity contribution in [3.63, 3.8) is 0 Å². The predicted molar refractivity (Wildman–Crippen MR) is 87.4 cm³/mol. The van der Waals surface area contributed by atoms with Gasteiger partial charge in [0.15, 0.2) is 12.2 Å². The summed E-state index contributed by atoms with van der Waals surface area (Å²) in [5.41, 5.74) is 2.28. The van der Waals surface area contributed by atoms with Crippen molar-refractivity contribution in [3.05, 3.63) is 54.0 Å². The Morgan fingerprint density at radius 3 is 2.88 bits per heavy atom. The number of anilines is 1. The number of aliphatic hydroxyl groups is 1. The maximum absolute atomic E-state index is 9.29. The summed E-state index contributed by atoms with van der Waals surface area (Å²) in [7, 11) is 0. The van der Waals surface area contributed by atoms with Crippen LogP contribution in [0.15, 0.2) is 41.3 Å². The molecule has 4 rings (SSSR count). The van der Waals surface area contributed by atoms with Gasteiger partial charge >= 0.3 is 0 Å². The number of nitrogens with zero attached hydrogens (tertiary/aromatic N) is 5. The van der Waals surface area contributed by atoms with Crippen LogP contribution >= 0.6 is 0 Å². The summed E-state index contributed by atoms with van der Waals surface area (Å²) in [6, 6.07) is 7.67. The summed E-state index contributed by atoms with van der Waals surface area (Å²) >= 11 is 0. The minimum atomic E-state index is -0.0984. The lowest BCUT2D eigenvalue weighted by Crippen LogP contribution is -2.45. The van der Waals surface area contributed by atoms with Gasteiger partial charge in [-0.15, -0.1) is 0 Å². The van der Waals surface area contributed by atoms with Gasteiger partial charge in [0.05, 0.1) is 12.5 Å². The summed E-state index contributed by atoms with van der Waals surface area (Å²) in [5.74, 6) is 2.50. The van der Waals surface area contributed by atoms with E-state index < -0.39 is 0 Å². The molecule has 0 saturated carbocycles. The minimum absolute atomic E-state index is 0.0984. The van der Waals surface area contributed by atoms with Crippen molar-refractivity contribution in [1.82, 2.24) is 19.9 Å². The van der Waals surface area contributed by atoms with Crippen LogP contribution in [0.1, 0.15) is 23.1 Å². The van der Waals surface area contributed by atoms with Crippen LogP contribution in [0.3, 0.4) is 0 Å². The first-order valence-electron chi connectivity index (χ1n) is 7.79. The van der Waals surface area contributed by atoms with E-state index in [0.29, 0.717) is 11.5 Å². The molecule has 0 radical (unpaired) electrons. The van der Waals surface area contributed by atoms with Gasteiger partial charge in [-0.2, -0.15) is 0 Å². The fraction of sp³-hybridized carbons (Fsp3) is 0.294. The number of oxazole rings is 1. The highest BCUT2D eigenvalue weighted by Gasteiger charge is 2.33. The van der Waals surface area contributed by atoms with Gasteiger partial charge in [-0.05, 0) is 19.1 Å². The van der Waals surface area contributed by atoms with Crippen LogP contribution in [0.4, 0.5) is 5.82 Å². The number of hydrogen-bond donors (Lipinski definition) is 1. The van der Waals surface area contributed by atoms with E-state index in [-0.39, 0.29) is 12.5 Å². The fourth-order valence-electron chi connectivity index (χ4n) is 2.88. The first-order valence-corrected chi connectivity index (χ1v) is 7.79. The highest BCUT2D eigenvalue weighted by atomic mass is 16.3. The zero-order chi connectivity index (χ0) is 16.5. The van der Waals surface area contributed by atoms with E-state index >= 15 is 0 Å². The van der Waals surface area contributed by atoms with E-state index in [0.717, 1.165) is 36.1 Å². The van der Waals surface area contributed by atoms with Crippen molar-refractivity contribution >= 4 is 5.82 Å². The SMILES string of the molecule is Cc1cc(N2CC(c3ocnc3CO)C2)nc(-c2ccccn2)n1. The maximum Gasteiger partial charge on any atom is 0.181 e. The Bertz CT molecular complexity index is 843. The van der Waals surface area contributed by atoms with Crippen molar-refractivity contribution in [3.8, 4) is 11.5 Å². The van der Waals surface area contributed by atoms with Crippen LogP contribution in [-0.2, 0) is 6.61 Å². The van der Waals surface area contributed by atoms with Crippen molar-refractivity contribution in [2.45, 2.75) is 19.4 Å². The molecule has 4 heterocycles. The van der Waals surface area contributed by atoms with Gasteiger partial charge in [0.1, 0.15) is 23.0 Å². The van der Waals surface area contributed by atoms with E-state index in [1.165, 1.54) is 6.39 Å². The summed E-state index contributed by atoms with van der Waals surface area (Å²) in [4.78, 5) is 19.6. The Balaban J connectivity index is 1.55. The van der Waals surface area contributed by atoms with Gasteiger partial charge in [0.25, 0.3) is 0 Å². The topological polar surface area (TPSA) is 88.2 Å². The number of aryl methyl sites for hydroxylation is 1. The summed E-state index contributed by atoms with van der Waals surface area (Å²) in [6.07, 6.45) is 3.12. The fourth-order valence-corrected chi connectivity index (χ4v) is 2.88. The highest BCUT2D eigenvalue weighted by molar-refractivity contribution is 5.55. The monoisotopic (exact) mass is 323 g/mol. The Kier molecular flexibility index (Phi) is 3.70. The second-order valence-electron chi connectivity index (χ2n) is 5.83. The van der Waals surface area contributed by atoms with Crippen molar-refractivity contribution in [2.75, 3.05) is 18.0 Å². The van der Waals surface area contributed by atoms with Crippen LogP contribution in [0.2, 0.25) is 0 Å². The quantitative estimate of drug-likeness (QED) is 0.785. The molecule has 0 atom stereocenters. The number of aromatic nitrogens is 4. The van der Waals surface area contributed by atoms with E-state index in [2.05, 4.69) is 24.8 Å². The molecule has 1 aliphatic rings. The predicted octanol–water partition coefficient (Wildman–Crippen LogP) is 1.93. The molecule has 3 aromatic heterocycles. The van der Waals surface area contributed by atoms with Crippen LogP contribution in [-0.4, -0.2) is 38.1 Å². The lowest BCUT2D eigenvalue weighted by molar-refractivity contribution is 0.271. The van der Waals surface area contributed by atoms with Gasteiger partial charge in [-0.3, -0.25) is 4.98 Å². The zero-order valence-corrected chi connectivity index (χ0v) is 13.3. The lowest BCUT2D eigenvalue weighted by Gasteiger charge is -2.39. The van der Waals surface area contributed by atoms with Crippen molar-refractivity contribution in [2.24, 2.45) is 0 Å². The third-order valence-electron chi connectivity index (χ3n) is 4.13. The molecular formula is C17H17N5O2. The molecule has 0 bridgehead atoms. The number of hydrogen-bond acceptors (Lipinski definition) is 7.